The maximum atomic E-state index is 12.6. The molecule has 8 nitrogen and oxygen atoms in total. The maximum Gasteiger partial charge on any atom is 0.299 e. The highest BCUT2D eigenvalue weighted by molar-refractivity contribution is 5.94. The Bertz CT molecular complexity index is 1450. The second-order valence-corrected chi connectivity index (χ2v) is 8.54. The van der Waals surface area contributed by atoms with Gasteiger partial charge in [0.1, 0.15) is 41.0 Å². The topological polar surface area (TPSA) is 95.0 Å². The lowest BCUT2D eigenvalue weighted by Crippen LogP contribution is -2.30. The molecule has 36 heavy (non-hydrogen) atoms. The van der Waals surface area contributed by atoms with E-state index < -0.39 is 0 Å². The largest absolute Gasteiger partial charge is 0.497 e. The normalized spacial score (nSPS) is 14.9. The highest BCUT2D eigenvalue weighted by Crippen LogP contribution is 2.36. The van der Waals surface area contributed by atoms with Crippen molar-refractivity contribution in [1.82, 2.24) is 19.3 Å². The molecule has 1 fully saturated rings. The third kappa shape index (κ3) is 4.43. The fourth-order valence-corrected chi connectivity index (χ4v) is 4.58. The van der Waals surface area contributed by atoms with Crippen LogP contribution in [0.4, 0.5) is 5.82 Å². The Balaban J connectivity index is 1.43. The third-order valence-electron chi connectivity index (χ3n) is 6.35. The van der Waals surface area contributed by atoms with Gasteiger partial charge in [0.2, 0.25) is 0 Å². The summed E-state index contributed by atoms with van der Waals surface area (Å²) in [5.41, 5.74) is 9.68. The number of anilines is 1. The summed E-state index contributed by atoms with van der Waals surface area (Å²) in [7, 11) is 1.65. The quantitative estimate of drug-likeness (QED) is 0.414. The Morgan fingerprint density at radius 2 is 1.89 bits per heavy atom. The number of hydrogen-bond acceptors (Lipinski definition) is 6. The van der Waals surface area contributed by atoms with E-state index in [1.165, 1.54) is 0 Å². The number of likely N-dealkylation sites (tertiary alicyclic amines) is 1. The van der Waals surface area contributed by atoms with E-state index in [9.17, 15) is 4.79 Å². The molecule has 182 valence electrons. The van der Waals surface area contributed by atoms with E-state index >= 15 is 0 Å². The number of nitrogen functional groups attached to an aromatic ring is 1. The molecule has 0 saturated carbocycles. The minimum Gasteiger partial charge on any atom is -0.497 e. The van der Waals surface area contributed by atoms with E-state index in [1.54, 1.807) is 25.1 Å². The molecule has 2 aromatic heterocycles. The minimum atomic E-state index is -0.182. The first-order valence-corrected chi connectivity index (χ1v) is 11.8. The van der Waals surface area contributed by atoms with Crippen LogP contribution in [0.5, 0.6) is 11.5 Å². The summed E-state index contributed by atoms with van der Waals surface area (Å²) in [5.74, 6) is 7.89. The van der Waals surface area contributed by atoms with Crippen LogP contribution < -0.4 is 15.2 Å². The van der Waals surface area contributed by atoms with Gasteiger partial charge < -0.3 is 20.1 Å². The van der Waals surface area contributed by atoms with Crippen molar-refractivity contribution in [2.24, 2.45) is 0 Å². The molecule has 0 bridgehead atoms. The summed E-state index contributed by atoms with van der Waals surface area (Å²) in [6.07, 6.45) is 5.21. The van der Waals surface area contributed by atoms with Crippen LogP contribution in [0, 0.1) is 11.8 Å². The molecule has 2 aromatic carbocycles. The van der Waals surface area contributed by atoms with Crippen molar-refractivity contribution in [1.29, 1.82) is 0 Å². The highest BCUT2D eigenvalue weighted by atomic mass is 16.5. The van der Waals surface area contributed by atoms with E-state index in [-0.39, 0.29) is 11.9 Å². The predicted molar refractivity (Wildman–Crippen MR) is 137 cm³/mol. The Morgan fingerprint density at radius 1 is 1.14 bits per heavy atom. The SMILES string of the molecule is CC#CC(=O)N1CCC[C@H]1c1nc(-c2ccc(OCc3ccc(OC)cc3)cc2)c2c(N)nccn12. The number of nitrogens with two attached hydrogens (primary N) is 1. The highest BCUT2D eigenvalue weighted by Gasteiger charge is 2.33. The van der Waals surface area contributed by atoms with Crippen LogP contribution in [-0.4, -0.2) is 38.8 Å². The van der Waals surface area contributed by atoms with E-state index in [0.29, 0.717) is 19.0 Å². The fraction of sp³-hybridized carbons (Fsp3) is 0.250. The number of methoxy groups -OCH3 is 1. The molecule has 4 aromatic rings. The Hall–Kier alpha value is -4.51. The lowest BCUT2D eigenvalue weighted by Gasteiger charge is -2.21. The Kier molecular flexibility index (Phi) is 6.46. The first kappa shape index (κ1) is 23.2. The number of carbonyl (C=O) groups excluding carboxylic acids is 1. The third-order valence-corrected chi connectivity index (χ3v) is 6.35. The zero-order valence-electron chi connectivity index (χ0n) is 20.3. The number of nitrogens with zero attached hydrogens (tertiary/aromatic N) is 4. The minimum absolute atomic E-state index is 0.173. The van der Waals surface area contributed by atoms with Gasteiger partial charge in [0, 0.05) is 24.5 Å². The molecule has 2 N–H and O–H groups in total. The molecule has 1 aliphatic heterocycles. The Morgan fingerprint density at radius 3 is 2.61 bits per heavy atom. The van der Waals surface area contributed by atoms with Gasteiger partial charge >= 0.3 is 0 Å². The average molecular weight is 482 g/mol. The predicted octanol–water partition coefficient (Wildman–Crippen LogP) is 4.25. The second-order valence-electron chi connectivity index (χ2n) is 8.54. The second kappa shape index (κ2) is 10.0. The van der Waals surface area contributed by atoms with Crippen molar-refractivity contribution in [2.75, 3.05) is 19.4 Å². The van der Waals surface area contributed by atoms with Crippen molar-refractivity contribution in [3.05, 3.63) is 72.3 Å². The zero-order chi connectivity index (χ0) is 25.1. The number of benzene rings is 2. The number of amides is 1. The molecule has 0 unspecified atom stereocenters. The number of imidazole rings is 1. The summed E-state index contributed by atoms with van der Waals surface area (Å²) < 4.78 is 13.1. The van der Waals surface area contributed by atoms with Gasteiger partial charge in [-0.05, 0) is 67.6 Å². The molecule has 5 rings (SSSR count). The number of rotatable bonds is 6. The van der Waals surface area contributed by atoms with Crippen LogP contribution in [-0.2, 0) is 11.4 Å². The van der Waals surface area contributed by atoms with Crippen molar-refractivity contribution in [2.45, 2.75) is 32.4 Å². The first-order valence-electron chi connectivity index (χ1n) is 11.8. The molecule has 8 heteroatoms. The monoisotopic (exact) mass is 481 g/mol. The van der Waals surface area contributed by atoms with E-state index in [1.807, 2.05) is 59.1 Å². The van der Waals surface area contributed by atoms with Crippen molar-refractivity contribution in [3.63, 3.8) is 0 Å². The summed E-state index contributed by atoms with van der Waals surface area (Å²) in [5, 5.41) is 0. The molecule has 1 aliphatic rings. The molecular weight excluding hydrogens is 454 g/mol. The van der Waals surface area contributed by atoms with E-state index in [4.69, 9.17) is 20.2 Å². The molecule has 0 spiro atoms. The zero-order valence-corrected chi connectivity index (χ0v) is 20.3. The number of ether oxygens (including phenoxy) is 2. The van der Waals surface area contributed by atoms with Crippen LogP contribution in [0.25, 0.3) is 16.8 Å². The van der Waals surface area contributed by atoms with Crippen LogP contribution >= 0.6 is 0 Å². The van der Waals surface area contributed by atoms with Gasteiger partial charge in [-0.2, -0.15) is 0 Å². The number of carbonyl (C=O) groups is 1. The molecular formula is C28H27N5O3. The van der Waals surface area contributed by atoms with Crippen molar-refractivity contribution >= 4 is 17.2 Å². The van der Waals surface area contributed by atoms with Crippen LogP contribution in [0.2, 0.25) is 0 Å². The number of fused-ring (bicyclic) bond motifs is 1. The van der Waals surface area contributed by atoms with E-state index in [2.05, 4.69) is 16.8 Å². The molecule has 1 amide bonds. The number of hydrogen-bond donors (Lipinski definition) is 1. The lowest BCUT2D eigenvalue weighted by atomic mass is 10.1. The van der Waals surface area contributed by atoms with Gasteiger partial charge in [-0.25, -0.2) is 9.97 Å². The van der Waals surface area contributed by atoms with Crippen LogP contribution in [0.3, 0.4) is 0 Å². The average Bonchev–Trinajstić information content (AvgIpc) is 3.54. The van der Waals surface area contributed by atoms with Crippen LogP contribution in [0.1, 0.15) is 37.2 Å². The standard InChI is InChI=1S/C28H27N5O3/c1-3-5-24(34)32-16-4-6-23(32)28-31-25(26-27(29)30-15-17-33(26)28)20-9-13-22(14-10-20)36-18-19-7-11-21(35-2)12-8-19/h7-15,17,23H,4,6,16,18H2,1-2H3,(H2,29,30)/t23-/m0/s1. The van der Waals surface area contributed by atoms with Crippen molar-refractivity contribution in [3.8, 4) is 34.6 Å². The van der Waals surface area contributed by atoms with Crippen LogP contribution in [0.15, 0.2) is 60.9 Å². The number of aromatic nitrogens is 3. The summed E-state index contributed by atoms with van der Waals surface area (Å²) in [6.45, 7) is 2.77. The van der Waals surface area contributed by atoms with Gasteiger partial charge in [-0.1, -0.05) is 18.1 Å². The first-order chi connectivity index (χ1) is 17.6. The maximum absolute atomic E-state index is 12.6. The van der Waals surface area contributed by atoms with Gasteiger partial charge in [-0.15, -0.1) is 0 Å². The molecule has 1 atom stereocenters. The van der Waals surface area contributed by atoms with Gasteiger partial charge in [0.25, 0.3) is 5.91 Å². The summed E-state index contributed by atoms with van der Waals surface area (Å²) in [6, 6.07) is 15.4. The molecule has 0 aliphatic carbocycles. The molecule has 1 saturated heterocycles. The molecule has 0 radical (unpaired) electrons. The van der Waals surface area contributed by atoms with Gasteiger partial charge in [0.15, 0.2) is 0 Å². The van der Waals surface area contributed by atoms with Gasteiger partial charge in [-0.3, -0.25) is 9.20 Å². The van der Waals surface area contributed by atoms with Crippen molar-refractivity contribution < 1.29 is 14.3 Å². The summed E-state index contributed by atoms with van der Waals surface area (Å²) in [4.78, 5) is 23.7. The van der Waals surface area contributed by atoms with E-state index in [0.717, 1.165) is 52.5 Å². The fourth-order valence-electron chi connectivity index (χ4n) is 4.58. The summed E-state index contributed by atoms with van der Waals surface area (Å²) >= 11 is 0. The van der Waals surface area contributed by atoms with Gasteiger partial charge in [0.05, 0.1) is 13.2 Å². The molecule has 3 heterocycles. The lowest BCUT2D eigenvalue weighted by molar-refractivity contribution is -0.126. The smallest absolute Gasteiger partial charge is 0.299 e. The Labute approximate surface area is 209 Å².